The highest BCUT2D eigenvalue weighted by Crippen LogP contribution is 2.45. The van der Waals surface area contributed by atoms with Crippen LogP contribution in [0.3, 0.4) is 0 Å². The Labute approximate surface area is 140 Å². The molecule has 1 aromatic heterocycles. The molecular weight excluding hydrogens is 326 g/mol. The molecule has 0 spiro atoms. The van der Waals surface area contributed by atoms with Crippen molar-refractivity contribution in [1.29, 1.82) is 0 Å². The lowest BCUT2D eigenvalue weighted by atomic mass is 10.3. The third-order valence-electron chi connectivity index (χ3n) is 4.72. The summed E-state index contributed by atoms with van der Waals surface area (Å²) in [5.41, 5.74) is 0.482. The van der Waals surface area contributed by atoms with Gasteiger partial charge in [0.25, 0.3) is 10.0 Å². The monoisotopic (exact) mass is 343 g/mol. The van der Waals surface area contributed by atoms with Gasteiger partial charge in [0.1, 0.15) is 17.1 Å². The number of sulfonamides is 1. The van der Waals surface area contributed by atoms with Gasteiger partial charge in [0.2, 0.25) is 0 Å². The van der Waals surface area contributed by atoms with Gasteiger partial charge in [0.05, 0.1) is 12.2 Å². The lowest BCUT2D eigenvalue weighted by Gasteiger charge is -2.23. The molecule has 24 heavy (non-hydrogen) atoms. The second-order valence-electron chi connectivity index (χ2n) is 6.61. The van der Waals surface area contributed by atoms with Gasteiger partial charge >= 0.3 is 0 Å². The molecule has 2 saturated carbocycles. The fourth-order valence-corrected chi connectivity index (χ4v) is 4.50. The van der Waals surface area contributed by atoms with Crippen molar-refractivity contribution in [2.45, 2.75) is 49.1 Å². The Bertz CT molecular complexity index is 941. The van der Waals surface area contributed by atoms with E-state index in [0.29, 0.717) is 23.5 Å². The van der Waals surface area contributed by atoms with E-state index in [-0.39, 0.29) is 11.4 Å². The van der Waals surface area contributed by atoms with E-state index in [1.54, 1.807) is 24.3 Å². The van der Waals surface area contributed by atoms with E-state index in [1.807, 2.05) is 0 Å². The van der Waals surface area contributed by atoms with E-state index in [2.05, 4.69) is 19.8 Å². The average Bonchev–Trinajstić information content (AvgIpc) is 3.49. The molecule has 1 aromatic carbocycles. The molecule has 1 aliphatic heterocycles. The molecule has 2 fully saturated rings. The van der Waals surface area contributed by atoms with Crippen LogP contribution in [0.4, 0.5) is 5.69 Å². The molecular formula is C16H17N5O2S. The number of benzene rings is 1. The Kier molecular flexibility index (Phi) is 2.88. The molecule has 0 atom stereocenters. The van der Waals surface area contributed by atoms with Crippen LogP contribution in [0.1, 0.15) is 49.3 Å². The van der Waals surface area contributed by atoms with E-state index >= 15 is 0 Å². The highest BCUT2D eigenvalue weighted by molar-refractivity contribution is 7.89. The van der Waals surface area contributed by atoms with E-state index in [1.165, 1.54) is 10.6 Å². The highest BCUT2D eigenvalue weighted by Gasteiger charge is 2.37. The first-order valence-electron chi connectivity index (χ1n) is 8.23. The van der Waals surface area contributed by atoms with Crippen LogP contribution in [-0.4, -0.2) is 33.8 Å². The maximum atomic E-state index is 12.8. The first-order valence-corrected chi connectivity index (χ1v) is 9.67. The molecule has 7 nitrogen and oxygen atoms in total. The largest absolute Gasteiger partial charge is 0.310 e. The van der Waals surface area contributed by atoms with E-state index in [0.717, 1.165) is 31.5 Å². The predicted molar refractivity (Wildman–Crippen MR) is 87.6 cm³/mol. The van der Waals surface area contributed by atoms with E-state index in [9.17, 15) is 8.42 Å². The van der Waals surface area contributed by atoms with Gasteiger partial charge in [-0.15, -0.1) is 10.2 Å². The third-order valence-corrected chi connectivity index (χ3v) is 6.46. The Morgan fingerprint density at radius 3 is 2.62 bits per heavy atom. The second kappa shape index (κ2) is 4.89. The zero-order valence-electron chi connectivity index (χ0n) is 13.0. The molecule has 124 valence electrons. The Morgan fingerprint density at radius 2 is 1.88 bits per heavy atom. The maximum Gasteiger partial charge on any atom is 0.267 e. The number of hydrogen-bond acceptors (Lipinski definition) is 5. The summed E-state index contributed by atoms with van der Waals surface area (Å²) in [4.78, 5) is 4.52. The zero-order chi connectivity index (χ0) is 16.3. The summed E-state index contributed by atoms with van der Waals surface area (Å²) in [7, 11) is -3.60. The minimum Gasteiger partial charge on any atom is -0.310 e. The quantitative estimate of drug-likeness (QED) is 0.853. The third kappa shape index (κ3) is 2.16. The highest BCUT2D eigenvalue weighted by atomic mass is 32.2. The second-order valence-corrected chi connectivity index (χ2v) is 8.47. The maximum absolute atomic E-state index is 12.8. The van der Waals surface area contributed by atoms with Crippen molar-refractivity contribution in [1.82, 2.24) is 19.1 Å². The molecule has 2 aromatic rings. The van der Waals surface area contributed by atoms with Crippen molar-refractivity contribution in [2.75, 3.05) is 0 Å². The van der Waals surface area contributed by atoms with Crippen LogP contribution in [-0.2, 0) is 16.6 Å². The number of rotatable bonds is 4. The summed E-state index contributed by atoms with van der Waals surface area (Å²) < 4.78 is 29.1. The lowest BCUT2D eigenvalue weighted by Crippen LogP contribution is -2.32. The van der Waals surface area contributed by atoms with Gasteiger partial charge in [-0.3, -0.25) is 0 Å². The lowest BCUT2D eigenvalue weighted by molar-refractivity contribution is 0.500. The van der Waals surface area contributed by atoms with Gasteiger partial charge in [-0.2, -0.15) is 0 Å². The molecule has 0 bridgehead atoms. The minimum atomic E-state index is -3.60. The molecule has 2 heterocycles. The summed E-state index contributed by atoms with van der Waals surface area (Å²) in [5.74, 6) is 2.24. The molecule has 8 heteroatoms. The van der Waals surface area contributed by atoms with Gasteiger partial charge in [-0.1, -0.05) is 12.1 Å². The van der Waals surface area contributed by atoms with E-state index in [4.69, 9.17) is 0 Å². The molecule has 5 rings (SSSR count). The molecule has 3 aliphatic rings. The number of para-hydroxylation sites is 1. The number of fused-ring (bicyclic) bond motifs is 1. The van der Waals surface area contributed by atoms with Crippen LogP contribution >= 0.6 is 0 Å². The van der Waals surface area contributed by atoms with Crippen molar-refractivity contribution in [3.8, 4) is 0 Å². The molecule has 2 aliphatic carbocycles. The van der Waals surface area contributed by atoms with Crippen molar-refractivity contribution >= 4 is 22.0 Å². The molecule has 0 radical (unpaired) electrons. The normalized spacial score (nSPS) is 21.8. The van der Waals surface area contributed by atoms with Crippen LogP contribution < -0.4 is 0 Å². The first-order chi connectivity index (χ1) is 11.6. The van der Waals surface area contributed by atoms with Crippen LogP contribution in [0.2, 0.25) is 0 Å². The molecule has 0 unspecified atom stereocenters. The van der Waals surface area contributed by atoms with Crippen LogP contribution in [0.25, 0.3) is 0 Å². The van der Waals surface area contributed by atoms with Crippen molar-refractivity contribution in [3.63, 3.8) is 0 Å². The van der Waals surface area contributed by atoms with Gasteiger partial charge in [0, 0.05) is 12.0 Å². The summed E-state index contributed by atoms with van der Waals surface area (Å²) in [6.45, 7) is 0.177. The SMILES string of the molecule is O=S1(=O)c2ccccc2N=CN1Cc1nnc(C2CC2)n1C1CC1. The first kappa shape index (κ1) is 14.2. The van der Waals surface area contributed by atoms with Crippen LogP contribution in [0, 0.1) is 0 Å². The topological polar surface area (TPSA) is 80.5 Å². The average molecular weight is 343 g/mol. The number of nitrogens with zero attached hydrogens (tertiary/aromatic N) is 5. The zero-order valence-corrected chi connectivity index (χ0v) is 13.9. The number of hydrogen-bond donors (Lipinski definition) is 0. The van der Waals surface area contributed by atoms with Gasteiger partial charge in [0.15, 0.2) is 5.82 Å². The molecule has 0 N–H and O–H groups in total. The summed E-state index contributed by atoms with van der Waals surface area (Å²) in [5, 5.41) is 8.64. The number of aromatic nitrogens is 3. The van der Waals surface area contributed by atoms with Crippen LogP contribution in [0.5, 0.6) is 0 Å². The summed E-state index contributed by atoms with van der Waals surface area (Å²) >= 11 is 0. The van der Waals surface area contributed by atoms with Gasteiger partial charge < -0.3 is 4.57 Å². The fraction of sp³-hybridized carbons (Fsp3) is 0.438. The standard InChI is InChI=1S/C16H17N5O2S/c22-24(23)14-4-2-1-3-13(14)17-10-20(24)9-15-18-19-16(11-5-6-11)21(15)12-7-8-12/h1-4,10-12H,5-9H2. The summed E-state index contributed by atoms with van der Waals surface area (Å²) in [6.07, 6.45) is 5.94. The Morgan fingerprint density at radius 1 is 1.08 bits per heavy atom. The van der Waals surface area contributed by atoms with Crippen molar-refractivity contribution in [2.24, 2.45) is 4.99 Å². The smallest absolute Gasteiger partial charge is 0.267 e. The molecule has 0 amide bonds. The minimum absolute atomic E-state index is 0.177. The van der Waals surface area contributed by atoms with Gasteiger partial charge in [-0.25, -0.2) is 17.7 Å². The van der Waals surface area contributed by atoms with Crippen molar-refractivity contribution < 1.29 is 8.42 Å². The number of aliphatic imine (C=N–C) groups is 1. The molecule has 0 saturated heterocycles. The summed E-state index contributed by atoms with van der Waals surface area (Å²) in [6, 6.07) is 7.23. The van der Waals surface area contributed by atoms with E-state index < -0.39 is 10.0 Å². The van der Waals surface area contributed by atoms with Crippen molar-refractivity contribution in [3.05, 3.63) is 35.9 Å². The fourth-order valence-electron chi connectivity index (χ4n) is 3.16. The Hall–Kier alpha value is -2.22. The predicted octanol–water partition coefficient (Wildman–Crippen LogP) is 2.35. The van der Waals surface area contributed by atoms with Gasteiger partial charge in [-0.05, 0) is 37.8 Å². The van der Waals surface area contributed by atoms with Crippen LogP contribution in [0.15, 0.2) is 34.2 Å². The Balaban J connectivity index is 1.51.